The van der Waals surface area contributed by atoms with Crippen molar-refractivity contribution in [2.75, 3.05) is 52.4 Å². The fraction of sp³-hybridized carbons (Fsp3) is 0.609. The van der Waals surface area contributed by atoms with Gasteiger partial charge in [0.15, 0.2) is 0 Å². The number of hydrogen-bond donors (Lipinski definition) is 0. The summed E-state index contributed by atoms with van der Waals surface area (Å²) in [7, 11) is 0. The standard InChI is InChI=1S/C23H31F3N4O3/c1-3-27(4-2)22(33)30-11-9-17(10-12-30)20(31)28-13-15-29(16-14-28)21(32)18-7-5-6-8-19(18)23(24,25)26/h5-8,17H,3-4,9-16H2,1-2H3. The summed E-state index contributed by atoms with van der Waals surface area (Å²) in [5, 5.41) is 0. The van der Waals surface area contributed by atoms with Gasteiger partial charge in [0.05, 0.1) is 11.1 Å². The molecule has 182 valence electrons. The molecule has 1 aromatic rings. The lowest BCUT2D eigenvalue weighted by molar-refractivity contribution is -0.138. The Kier molecular flexibility index (Phi) is 7.86. The van der Waals surface area contributed by atoms with Crippen molar-refractivity contribution < 1.29 is 27.6 Å². The summed E-state index contributed by atoms with van der Waals surface area (Å²) in [4.78, 5) is 44.8. The lowest BCUT2D eigenvalue weighted by atomic mass is 9.95. The zero-order valence-electron chi connectivity index (χ0n) is 19.1. The average Bonchev–Trinajstić information content (AvgIpc) is 2.83. The van der Waals surface area contributed by atoms with Crippen LogP contribution in [0.4, 0.5) is 18.0 Å². The average molecular weight is 469 g/mol. The van der Waals surface area contributed by atoms with E-state index in [9.17, 15) is 27.6 Å². The number of amides is 4. The Morgan fingerprint density at radius 3 is 1.97 bits per heavy atom. The number of hydrogen-bond acceptors (Lipinski definition) is 3. The van der Waals surface area contributed by atoms with Gasteiger partial charge in [0.2, 0.25) is 5.91 Å². The summed E-state index contributed by atoms with van der Waals surface area (Å²) in [6.07, 6.45) is -3.43. The number of rotatable bonds is 4. The van der Waals surface area contributed by atoms with Crippen LogP contribution in [0.2, 0.25) is 0 Å². The molecule has 0 unspecified atom stereocenters. The van der Waals surface area contributed by atoms with Crippen LogP contribution >= 0.6 is 0 Å². The highest BCUT2D eigenvalue weighted by molar-refractivity contribution is 5.96. The van der Waals surface area contributed by atoms with Gasteiger partial charge >= 0.3 is 12.2 Å². The van der Waals surface area contributed by atoms with Gasteiger partial charge in [-0.3, -0.25) is 9.59 Å². The van der Waals surface area contributed by atoms with Crippen LogP contribution in [0.1, 0.15) is 42.6 Å². The highest BCUT2D eigenvalue weighted by Gasteiger charge is 2.37. The van der Waals surface area contributed by atoms with Crippen LogP contribution in [0.15, 0.2) is 24.3 Å². The highest BCUT2D eigenvalue weighted by Crippen LogP contribution is 2.32. The molecule has 0 atom stereocenters. The molecule has 0 radical (unpaired) electrons. The number of benzene rings is 1. The molecule has 2 fully saturated rings. The SMILES string of the molecule is CCN(CC)C(=O)N1CCC(C(=O)N2CCN(C(=O)c3ccccc3C(F)(F)F)CC2)CC1. The number of carbonyl (C=O) groups excluding carboxylic acids is 3. The molecular formula is C23H31F3N4O3. The van der Waals surface area contributed by atoms with Gasteiger partial charge in [0.25, 0.3) is 5.91 Å². The molecule has 1 aromatic carbocycles. The Balaban J connectivity index is 1.53. The number of halogens is 3. The Morgan fingerprint density at radius 2 is 1.42 bits per heavy atom. The molecule has 10 heteroatoms. The molecule has 33 heavy (non-hydrogen) atoms. The van der Waals surface area contributed by atoms with E-state index in [1.54, 1.807) is 14.7 Å². The van der Waals surface area contributed by atoms with Crippen molar-refractivity contribution in [3.63, 3.8) is 0 Å². The zero-order chi connectivity index (χ0) is 24.2. The maximum Gasteiger partial charge on any atom is 0.417 e. The molecule has 0 bridgehead atoms. The third-order valence-electron chi connectivity index (χ3n) is 6.49. The Morgan fingerprint density at radius 1 is 0.879 bits per heavy atom. The second-order valence-corrected chi connectivity index (χ2v) is 8.38. The van der Waals surface area contributed by atoms with E-state index in [1.807, 2.05) is 13.8 Å². The summed E-state index contributed by atoms with van der Waals surface area (Å²) in [6, 6.07) is 4.77. The zero-order valence-corrected chi connectivity index (χ0v) is 19.1. The molecule has 0 N–H and O–H groups in total. The predicted molar refractivity (Wildman–Crippen MR) is 117 cm³/mol. The van der Waals surface area contributed by atoms with Gasteiger partial charge < -0.3 is 19.6 Å². The molecule has 7 nitrogen and oxygen atoms in total. The van der Waals surface area contributed by atoms with Crippen LogP contribution in [0, 0.1) is 5.92 Å². The van der Waals surface area contributed by atoms with Gasteiger partial charge in [0.1, 0.15) is 0 Å². The summed E-state index contributed by atoms with van der Waals surface area (Å²) in [5.41, 5.74) is -1.31. The maximum atomic E-state index is 13.3. The van der Waals surface area contributed by atoms with Crippen LogP contribution in [0.5, 0.6) is 0 Å². The van der Waals surface area contributed by atoms with Crippen molar-refractivity contribution in [1.29, 1.82) is 0 Å². The van der Waals surface area contributed by atoms with Crippen molar-refractivity contribution in [2.45, 2.75) is 32.9 Å². The smallest absolute Gasteiger partial charge is 0.339 e. The first kappa shape index (κ1) is 24.9. The van der Waals surface area contributed by atoms with E-state index in [2.05, 4.69) is 0 Å². The van der Waals surface area contributed by atoms with Crippen molar-refractivity contribution >= 4 is 17.8 Å². The number of likely N-dealkylation sites (tertiary alicyclic amines) is 1. The Hall–Kier alpha value is -2.78. The Bertz CT molecular complexity index is 857. The first-order valence-corrected chi connectivity index (χ1v) is 11.5. The van der Waals surface area contributed by atoms with E-state index in [4.69, 9.17) is 0 Å². The second kappa shape index (κ2) is 10.4. The van der Waals surface area contributed by atoms with Crippen molar-refractivity contribution in [3.05, 3.63) is 35.4 Å². The van der Waals surface area contributed by atoms with Crippen LogP contribution in [-0.2, 0) is 11.0 Å². The highest BCUT2D eigenvalue weighted by atomic mass is 19.4. The van der Waals surface area contributed by atoms with E-state index in [1.165, 1.54) is 23.1 Å². The van der Waals surface area contributed by atoms with Gasteiger partial charge in [-0.25, -0.2) is 4.79 Å². The fourth-order valence-electron chi connectivity index (χ4n) is 4.49. The van der Waals surface area contributed by atoms with Crippen molar-refractivity contribution in [1.82, 2.24) is 19.6 Å². The summed E-state index contributed by atoms with van der Waals surface area (Å²) < 4.78 is 39.8. The van der Waals surface area contributed by atoms with Gasteiger partial charge in [-0.05, 0) is 38.8 Å². The Labute approximate surface area is 192 Å². The molecule has 2 heterocycles. The minimum atomic E-state index is -4.61. The molecule has 4 amide bonds. The van der Waals surface area contributed by atoms with Gasteiger partial charge in [-0.1, -0.05) is 12.1 Å². The van der Waals surface area contributed by atoms with Crippen LogP contribution in [-0.4, -0.2) is 89.8 Å². The van der Waals surface area contributed by atoms with Gasteiger partial charge in [-0.15, -0.1) is 0 Å². The van der Waals surface area contributed by atoms with Gasteiger partial charge in [-0.2, -0.15) is 13.2 Å². The maximum absolute atomic E-state index is 13.3. The van der Waals surface area contributed by atoms with Crippen LogP contribution in [0.25, 0.3) is 0 Å². The first-order chi connectivity index (χ1) is 15.7. The molecule has 2 aliphatic heterocycles. The molecule has 2 saturated heterocycles. The minimum Gasteiger partial charge on any atom is -0.339 e. The lowest BCUT2D eigenvalue weighted by Crippen LogP contribution is -2.54. The summed E-state index contributed by atoms with van der Waals surface area (Å²) in [5.74, 6) is -0.857. The number of piperidine rings is 1. The quantitative estimate of drug-likeness (QED) is 0.682. The molecule has 2 aliphatic rings. The number of alkyl halides is 3. The third kappa shape index (κ3) is 5.59. The van der Waals surface area contributed by atoms with Gasteiger partial charge in [0, 0.05) is 58.3 Å². The summed E-state index contributed by atoms with van der Waals surface area (Å²) >= 11 is 0. The van der Waals surface area contributed by atoms with E-state index in [0.29, 0.717) is 39.0 Å². The molecule has 0 aliphatic carbocycles. The molecule has 0 saturated carbocycles. The molecular weight excluding hydrogens is 437 g/mol. The van der Waals surface area contributed by atoms with Crippen LogP contribution < -0.4 is 0 Å². The topological polar surface area (TPSA) is 64.2 Å². The van der Waals surface area contributed by atoms with Crippen molar-refractivity contribution in [3.8, 4) is 0 Å². The van der Waals surface area contributed by atoms with E-state index >= 15 is 0 Å². The van der Waals surface area contributed by atoms with E-state index in [0.717, 1.165) is 6.07 Å². The number of carbonyl (C=O) groups is 3. The second-order valence-electron chi connectivity index (χ2n) is 8.38. The van der Waals surface area contributed by atoms with Crippen molar-refractivity contribution in [2.24, 2.45) is 5.92 Å². The molecule has 0 spiro atoms. The van der Waals surface area contributed by atoms with E-state index in [-0.39, 0.29) is 49.6 Å². The third-order valence-corrected chi connectivity index (χ3v) is 6.49. The van der Waals surface area contributed by atoms with E-state index < -0.39 is 17.6 Å². The number of piperazine rings is 1. The molecule has 0 aromatic heterocycles. The molecule has 3 rings (SSSR count). The number of nitrogens with zero attached hydrogens (tertiary/aromatic N) is 4. The lowest BCUT2D eigenvalue weighted by Gasteiger charge is -2.39. The normalized spacial score (nSPS) is 17.8. The monoisotopic (exact) mass is 468 g/mol. The first-order valence-electron chi connectivity index (χ1n) is 11.5. The summed E-state index contributed by atoms with van der Waals surface area (Å²) in [6.45, 7) is 7.17. The minimum absolute atomic E-state index is 0.00263. The number of urea groups is 1. The van der Waals surface area contributed by atoms with Crippen LogP contribution in [0.3, 0.4) is 0 Å². The predicted octanol–water partition coefficient (Wildman–Crippen LogP) is 3.16. The fourth-order valence-corrected chi connectivity index (χ4v) is 4.49. The largest absolute Gasteiger partial charge is 0.417 e.